The summed E-state index contributed by atoms with van der Waals surface area (Å²) in [6, 6.07) is 8.08. The third-order valence-electron chi connectivity index (χ3n) is 2.38. The molecule has 0 amide bonds. The molecule has 0 atom stereocenters. The first-order valence-electron chi connectivity index (χ1n) is 5.02. The summed E-state index contributed by atoms with van der Waals surface area (Å²) < 4.78 is 2.01. The Hall–Kier alpha value is -1.68. The standard InChI is InChI=1S/C11H14N4/c1-2-15-8-13-14-11(15)10-5-3-4-9(6-10)7-12/h3-6,8H,2,7,12H2,1H3. The molecule has 4 nitrogen and oxygen atoms in total. The molecule has 0 spiro atoms. The Morgan fingerprint density at radius 3 is 3.00 bits per heavy atom. The van der Waals surface area contributed by atoms with E-state index in [4.69, 9.17) is 5.73 Å². The van der Waals surface area contributed by atoms with Crippen LogP contribution in [0.15, 0.2) is 30.6 Å². The Balaban J connectivity index is 2.44. The fourth-order valence-corrected chi connectivity index (χ4v) is 1.55. The number of hydrogen-bond acceptors (Lipinski definition) is 3. The highest BCUT2D eigenvalue weighted by atomic mass is 15.3. The molecule has 15 heavy (non-hydrogen) atoms. The molecular formula is C11H14N4. The van der Waals surface area contributed by atoms with E-state index in [-0.39, 0.29) is 0 Å². The summed E-state index contributed by atoms with van der Waals surface area (Å²) in [6.45, 7) is 3.49. The molecule has 0 aliphatic rings. The molecule has 2 rings (SSSR count). The van der Waals surface area contributed by atoms with Crippen molar-refractivity contribution < 1.29 is 0 Å². The molecule has 0 radical (unpaired) electrons. The molecule has 2 N–H and O–H groups in total. The summed E-state index contributed by atoms with van der Waals surface area (Å²) >= 11 is 0. The van der Waals surface area contributed by atoms with Crippen LogP contribution < -0.4 is 5.73 Å². The van der Waals surface area contributed by atoms with Gasteiger partial charge in [0.2, 0.25) is 0 Å². The SMILES string of the molecule is CCn1cnnc1-c1cccc(CN)c1. The van der Waals surface area contributed by atoms with Gasteiger partial charge in [0.15, 0.2) is 5.82 Å². The van der Waals surface area contributed by atoms with Crippen molar-refractivity contribution in [3.63, 3.8) is 0 Å². The first kappa shape index (κ1) is 9.86. The quantitative estimate of drug-likeness (QED) is 0.819. The highest BCUT2D eigenvalue weighted by molar-refractivity contribution is 5.56. The Morgan fingerprint density at radius 1 is 1.40 bits per heavy atom. The molecule has 1 aromatic heterocycles. The van der Waals surface area contributed by atoms with Crippen molar-refractivity contribution in [2.45, 2.75) is 20.0 Å². The van der Waals surface area contributed by atoms with E-state index in [1.54, 1.807) is 6.33 Å². The Bertz CT molecular complexity index is 447. The minimum Gasteiger partial charge on any atom is -0.326 e. The summed E-state index contributed by atoms with van der Waals surface area (Å²) in [5, 5.41) is 8.01. The highest BCUT2D eigenvalue weighted by Crippen LogP contribution is 2.17. The van der Waals surface area contributed by atoms with E-state index in [0.29, 0.717) is 6.54 Å². The van der Waals surface area contributed by atoms with E-state index in [1.807, 2.05) is 22.8 Å². The normalized spacial score (nSPS) is 10.5. The van der Waals surface area contributed by atoms with Crippen molar-refractivity contribution in [2.24, 2.45) is 5.73 Å². The van der Waals surface area contributed by atoms with Crippen molar-refractivity contribution >= 4 is 0 Å². The maximum Gasteiger partial charge on any atom is 0.163 e. The zero-order valence-electron chi connectivity index (χ0n) is 8.72. The van der Waals surface area contributed by atoms with Crippen LogP contribution in [0.2, 0.25) is 0 Å². The van der Waals surface area contributed by atoms with Gasteiger partial charge >= 0.3 is 0 Å². The zero-order chi connectivity index (χ0) is 10.7. The van der Waals surface area contributed by atoms with Gasteiger partial charge in [-0.2, -0.15) is 0 Å². The highest BCUT2D eigenvalue weighted by Gasteiger charge is 2.05. The number of aromatic nitrogens is 3. The molecule has 0 unspecified atom stereocenters. The molecular weight excluding hydrogens is 188 g/mol. The second-order valence-electron chi connectivity index (χ2n) is 3.35. The molecule has 0 fully saturated rings. The van der Waals surface area contributed by atoms with Gasteiger partial charge in [0.25, 0.3) is 0 Å². The zero-order valence-corrected chi connectivity index (χ0v) is 8.72. The number of rotatable bonds is 3. The topological polar surface area (TPSA) is 56.7 Å². The number of nitrogens with two attached hydrogens (primary N) is 1. The molecule has 4 heteroatoms. The monoisotopic (exact) mass is 202 g/mol. The van der Waals surface area contributed by atoms with Crippen LogP contribution in [0.25, 0.3) is 11.4 Å². The lowest BCUT2D eigenvalue weighted by Crippen LogP contribution is -1.99. The fraction of sp³-hybridized carbons (Fsp3) is 0.273. The predicted octanol–water partition coefficient (Wildman–Crippen LogP) is 1.42. The van der Waals surface area contributed by atoms with E-state index in [0.717, 1.165) is 23.5 Å². The predicted molar refractivity (Wildman–Crippen MR) is 59.0 cm³/mol. The Kier molecular flexibility index (Phi) is 2.78. The Morgan fingerprint density at radius 2 is 2.27 bits per heavy atom. The van der Waals surface area contributed by atoms with Crippen LogP contribution in [0, 0.1) is 0 Å². The second-order valence-corrected chi connectivity index (χ2v) is 3.35. The molecule has 2 aromatic rings. The molecule has 0 aliphatic carbocycles. The van der Waals surface area contributed by atoms with Gasteiger partial charge in [0.05, 0.1) is 0 Å². The van der Waals surface area contributed by atoms with Crippen molar-refractivity contribution in [2.75, 3.05) is 0 Å². The number of nitrogens with zero attached hydrogens (tertiary/aromatic N) is 3. The van der Waals surface area contributed by atoms with Crippen LogP contribution in [-0.4, -0.2) is 14.8 Å². The molecule has 78 valence electrons. The van der Waals surface area contributed by atoms with E-state index < -0.39 is 0 Å². The summed E-state index contributed by atoms with van der Waals surface area (Å²) in [5.74, 6) is 0.896. The maximum absolute atomic E-state index is 5.60. The first-order chi connectivity index (χ1) is 7.35. The van der Waals surface area contributed by atoms with Gasteiger partial charge in [-0.1, -0.05) is 18.2 Å². The number of benzene rings is 1. The van der Waals surface area contributed by atoms with Crippen LogP contribution in [0.4, 0.5) is 0 Å². The molecule has 0 saturated heterocycles. The van der Waals surface area contributed by atoms with E-state index in [9.17, 15) is 0 Å². The van der Waals surface area contributed by atoms with Crippen molar-refractivity contribution in [3.05, 3.63) is 36.2 Å². The van der Waals surface area contributed by atoms with Crippen LogP contribution in [-0.2, 0) is 13.1 Å². The average Bonchev–Trinajstić information content (AvgIpc) is 2.77. The van der Waals surface area contributed by atoms with Gasteiger partial charge in [0.1, 0.15) is 6.33 Å². The van der Waals surface area contributed by atoms with Gasteiger partial charge in [-0.05, 0) is 18.6 Å². The molecule has 0 saturated carbocycles. The van der Waals surface area contributed by atoms with Gasteiger partial charge in [-0.25, -0.2) is 0 Å². The fourth-order valence-electron chi connectivity index (χ4n) is 1.55. The minimum absolute atomic E-state index is 0.550. The van der Waals surface area contributed by atoms with Gasteiger partial charge in [-0.15, -0.1) is 10.2 Å². The van der Waals surface area contributed by atoms with E-state index in [1.165, 1.54) is 0 Å². The van der Waals surface area contributed by atoms with Crippen LogP contribution in [0.5, 0.6) is 0 Å². The van der Waals surface area contributed by atoms with E-state index >= 15 is 0 Å². The van der Waals surface area contributed by atoms with Gasteiger partial charge in [0, 0.05) is 18.7 Å². The summed E-state index contributed by atoms with van der Waals surface area (Å²) in [7, 11) is 0. The van der Waals surface area contributed by atoms with Gasteiger partial charge < -0.3 is 10.3 Å². The van der Waals surface area contributed by atoms with Crippen molar-refractivity contribution in [3.8, 4) is 11.4 Å². The van der Waals surface area contributed by atoms with Crippen molar-refractivity contribution in [1.82, 2.24) is 14.8 Å². The minimum atomic E-state index is 0.550. The second kappa shape index (κ2) is 4.23. The van der Waals surface area contributed by atoms with Crippen LogP contribution >= 0.6 is 0 Å². The maximum atomic E-state index is 5.60. The van der Waals surface area contributed by atoms with Crippen LogP contribution in [0.3, 0.4) is 0 Å². The van der Waals surface area contributed by atoms with Crippen LogP contribution in [0.1, 0.15) is 12.5 Å². The molecule has 1 heterocycles. The smallest absolute Gasteiger partial charge is 0.163 e. The molecule has 0 bridgehead atoms. The first-order valence-corrected chi connectivity index (χ1v) is 5.02. The largest absolute Gasteiger partial charge is 0.326 e. The number of aryl methyl sites for hydroxylation is 1. The van der Waals surface area contributed by atoms with Crippen molar-refractivity contribution in [1.29, 1.82) is 0 Å². The summed E-state index contributed by atoms with van der Waals surface area (Å²) in [4.78, 5) is 0. The number of hydrogen-bond donors (Lipinski definition) is 1. The average molecular weight is 202 g/mol. The Labute approximate surface area is 88.8 Å². The van der Waals surface area contributed by atoms with E-state index in [2.05, 4.69) is 23.2 Å². The summed E-state index contributed by atoms with van der Waals surface area (Å²) in [5.41, 5.74) is 7.78. The third kappa shape index (κ3) is 1.89. The summed E-state index contributed by atoms with van der Waals surface area (Å²) in [6.07, 6.45) is 1.74. The third-order valence-corrected chi connectivity index (χ3v) is 2.38. The lowest BCUT2D eigenvalue weighted by Gasteiger charge is -2.04. The van der Waals surface area contributed by atoms with Gasteiger partial charge in [-0.3, -0.25) is 0 Å². The lowest BCUT2D eigenvalue weighted by molar-refractivity contribution is 0.767. The molecule has 1 aromatic carbocycles. The lowest BCUT2D eigenvalue weighted by atomic mass is 10.1. The molecule has 0 aliphatic heterocycles.